The van der Waals surface area contributed by atoms with Gasteiger partial charge in [-0.3, -0.25) is 9.59 Å². The summed E-state index contributed by atoms with van der Waals surface area (Å²) in [5.41, 5.74) is 2.27. The second-order valence-electron chi connectivity index (χ2n) is 6.25. The number of thioether (sulfide) groups is 1. The van der Waals surface area contributed by atoms with Crippen LogP contribution in [0.4, 0.5) is 0 Å². The van der Waals surface area contributed by atoms with Gasteiger partial charge in [-0.25, -0.2) is 0 Å². The van der Waals surface area contributed by atoms with Crippen LogP contribution in [0.5, 0.6) is 0 Å². The van der Waals surface area contributed by atoms with Crippen molar-refractivity contribution < 1.29 is 9.59 Å². The fourth-order valence-electron chi connectivity index (χ4n) is 2.71. The van der Waals surface area contributed by atoms with Crippen LogP contribution in [0.25, 0.3) is 0 Å². The first-order chi connectivity index (χ1) is 13.5. The molecule has 28 heavy (non-hydrogen) atoms. The van der Waals surface area contributed by atoms with Gasteiger partial charge in [-0.2, -0.15) is 0 Å². The van der Waals surface area contributed by atoms with Crippen LogP contribution in [0.2, 0.25) is 5.02 Å². The van der Waals surface area contributed by atoms with Crippen molar-refractivity contribution in [3.63, 3.8) is 0 Å². The minimum absolute atomic E-state index is 0.0567. The zero-order valence-electron chi connectivity index (χ0n) is 15.4. The molecular formula is C22H20ClNO2S2. The number of thiophene rings is 1. The van der Waals surface area contributed by atoms with Gasteiger partial charge in [-0.1, -0.05) is 54.1 Å². The Morgan fingerprint density at radius 3 is 2.36 bits per heavy atom. The van der Waals surface area contributed by atoms with Crippen LogP contribution in [-0.2, 0) is 11.3 Å². The number of halogens is 1. The SMILES string of the molecule is CC(=O)NCc1ccc(C(=O)CSC(c2ccccc2)c2ccc(Cl)cc2)s1. The van der Waals surface area contributed by atoms with Crippen molar-refractivity contribution in [2.75, 3.05) is 5.75 Å². The van der Waals surface area contributed by atoms with Crippen LogP contribution < -0.4 is 5.32 Å². The molecule has 0 saturated carbocycles. The quantitative estimate of drug-likeness (QED) is 0.464. The second-order valence-corrected chi connectivity index (χ2v) is 8.95. The van der Waals surface area contributed by atoms with Gasteiger partial charge in [0.2, 0.25) is 5.91 Å². The Balaban J connectivity index is 1.70. The molecule has 0 aliphatic carbocycles. The Hall–Kier alpha value is -2.08. The molecule has 0 saturated heterocycles. The van der Waals surface area contributed by atoms with Crippen molar-refractivity contribution in [2.24, 2.45) is 0 Å². The molecule has 3 aromatic rings. The lowest BCUT2D eigenvalue weighted by molar-refractivity contribution is -0.119. The summed E-state index contributed by atoms with van der Waals surface area (Å²) in [6, 6.07) is 21.7. The number of rotatable bonds is 8. The van der Waals surface area contributed by atoms with Crippen LogP contribution in [0, 0.1) is 0 Å². The molecule has 1 heterocycles. The fraction of sp³-hybridized carbons (Fsp3) is 0.182. The lowest BCUT2D eigenvalue weighted by Gasteiger charge is -2.17. The highest BCUT2D eigenvalue weighted by Gasteiger charge is 2.18. The van der Waals surface area contributed by atoms with Gasteiger partial charge in [0.05, 0.1) is 22.4 Å². The normalized spacial score (nSPS) is 11.8. The van der Waals surface area contributed by atoms with Crippen molar-refractivity contribution in [1.29, 1.82) is 0 Å². The van der Waals surface area contributed by atoms with Gasteiger partial charge in [-0.05, 0) is 35.4 Å². The lowest BCUT2D eigenvalue weighted by atomic mass is 10.0. The summed E-state index contributed by atoms with van der Waals surface area (Å²) in [6.07, 6.45) is 0. The van der Waals surface area contributed by atoms with Crippen molar-refractivity contribution in [3.05, 3.63) is 92.6 Å². The zero-order chi connectivity index (χ0) is 19.9. The van der Waals surface area contributed by atoms with E-state index < -0.39 is 0 Å². The van der Waals surface area contributed by atoms with Crippen molar-refractivity contribution in [3.8, 4) is 0 Å². The Bertz CT molecular complexity index is 939. The summed E-state index contributed by atoms with van der Waals surface area (Å²) in [5.74, 6) is 0.395. The average Bonchev–Trinajstić information content (AvgIpc) is 3.18. The van der Waals surface area contributed by atoms with Gasteiger partial charge in [-0.15, -0.1) is 23.1 Å². The third-order valence-electron chi connectivity index (χ3n) is 4.10. The van der Waals surface area contributed by atoms with Gasteiger partial charge in [0.15, 0.2) is 5.78 Å². The largest absolute Gasteiger partial charge is 0.351 e. The van der Waals surface area contributed by atoms with Crippen LogP contribution in [0.1, 0.15) is 37.8 Å². The molecule has 0 aliphatic heterocycles. The number of nitrogens with one attached hydrogen (secondary N) is 1. The van der Waals surface area contributed by atoms with E-state index in [1.54, 1.807) is 11.8 Å². The topological polar surface area (TPSA) is 46.2 Å². The smallest absolute Gasteiger partial charge is 0.217 e. The summed E-state index contributed by atoms with van der Waals surface area (Å²) in [6.45, 7) is 1.94. The second kappa shape index (κ2) is 9.92. The standard InChI is InChI=1S/C22H20ClNO2S2/c1-15(25)24-13-19-11-12-21(28-19)20(26)14-27-22(16-5-3-2-4-6-16)17-7-9-18(23)10-8-17/h2-12,22H,13-14H2,1H3,(H,24,25). The molecule has 2 aromatic carbocycles. The van der Waals surface area contributed by atoms with Crippen molar-refractivity contribution >= 4 is 46.4 Å². The first-order valence-electron chi connectivity index (χ1n) is 8.81. The van der Waals surface area contributed by atoms with E-state index in [9.17, 15) is 9.59 Å². The number of Topliss-reactive ketones (excluding diaryl/α,β-unsaturated/α-hetero) is 1. The Labute approximate surface area is 178 Å². The van der Waals surface area contributed by atoms with E-state index in [0.717, 1.165) is 20.9 Å². The predicted molar refractivity (Wildman–Crippen MR) is 118 cm³/mol. The molecule has 1 N–H and O–H groups in total. The molecule has 0 radical (unpaired) electrons. The molecule has 144 valence electrons. The molecule has 6 heteroatoms. The molecule has 3 nitrogen and oxygen atoms in total. The predicted octanol–water partition coefficient (Wildman–Crippen LogP) is 5.74. The molecule has 1 unspecified atom stereocenters. The first-order valence-corrected chi connectivity index (χ1v) is 11.1. The molecule has 1 atom stereocenters. The number of carbonyl (C=O) groups excluding carboxylic acids is 2. The zero-order valence-corrected chi connectivity index (χ0v) is 17.7. The van der Waals surface area contributed by atoms with Crippen LogP contribution in [0.15, 0.2) is 66.7 Å². The van der Waals surface area contributed by atoms with Crippen molar-refractivity contribution in [2.45, 2.75) is 18.7 Å². The number of ketones is 1. The minimum atomic E-state index is -0.0782. The lowest BCUT2D eigenvalue weighted by Crippen LogP contribution is -2.18. The molecule has 0 fully saturated rings. The summed E-state index contributed by atoms with van der Waals surface area (Å²) in [4.78, 5) is 25.4. The third-order valence-corrected chi connectivity index (χ3v) is 6.79. The molecule has 0 bridgehead atoms. The highest BCUT2D eigenvalue weighted by Crippen LogP contribution is 2.36. The number of carbonyl (C=O) groups is 2. The maximum atomic E-state index is 12.7. The number of benzene rings is 2. The summed E-state index contributed by atoms with van der Waals surface area (Å²) in [5, 5.41) is 3.51. The van der Waals surface area contributed by atoms with Crippen molar-refractivity contribution in [1.82, 2.24) is 5.32 Å². The number of hydrogen-bond acceptors (Lipinski definition) is 4. The number of hydrogen-bond donors (Lipinski definition) is 1. The molecule has 3 rings (SSSR count). The van der Waals surface area contributed by atoms with Crippen LogP contribution in [0.3, 0.4) is 0 Å². The van der Waals surface area contributed by atoms with Gasteiger partial charge in [0.25, 0.3) is 0 Å². The Morgan fingerprint density at radius 1 is 1.00 bits per heavy atom. The van der Waals surface area contributed by atoms with E-state index in [1.807, 2.05) is 54.6 Å². The maximum absolute atomic E-state index is 12.7. The van der Waals surface area contributed by atoms with E-state index in [-0.39, 0.29) is 16.9 Å². The van der Waals surface area contributed by atoms with E-state index in [2.05, 4.69) is 17.4 Å². The van der Waals surface area contributed by atoms with E-state index in [0.29, 0.717) is 17.3 Å². The average molecular weight is 430 g/mol. The highest BCUT2D eigenvalue weighted by molar-refractivity contribution is 8.00. The molecule has 1 aromatic heterocycles. The number of amides is 1. The minimum Gasteiger partial charge on any atom is -0.351 e. The molecule has 0 spiro atoms. The van der Waals surface area contributed by atoms with Gasteiger partial charge < -0.3 is 5.32 Å². The monoisotopic (exact) mass is 429 g/mol. The Morgan fingerprint density at radius 2 is 1.68 bits per heavy atom. The maximum Gasteiger partial charge on any atom is 0.217 e. The van der Waals surface area contributed by atoms with Gasteiger partial charge in [0.1, 0.15) is 0 Å². The van der Waals surface area contributed by atoms with Gasteiger partial charge >= 0.3 is 0 Å². The van der Waals surface area contributed by atoms with Crippen LogP contribution >= 0.6 is 34.7 Å². The summed E-state index contributed by atoms with van der Waals surface area (Å²) >= 11 is 9.07. The molecule has 0 aliphatic rings. The van der Waals surface area contributed by atoms with E-state index >= 15 is 0 Å². The Kier molecular flexibility index (Phi) is 7.31. The fourth-order valence-corrected chi connectivity index (χ4v) is 4.99. The summed E-state index contributed by atoms with van der Waals surface area (Å²) < 4.78 is 0. The summed E-state index contributed by atoms with van der Waals surface area (Å²) in [7, 11) is 0. The first kappa shape index (κ1) is 20.6. The highest BCUT2D eigenvalue weighted by atomic mass is 35.5. The third kappa shape index (κ3) is 5.71. The van der Waals surface area contributed by atoms with E-state index in [1.165, 1.54) is 18.3 Å². The van der Waals surface area contributed by atoms with Crippen LogP contribution in [-0.4, -0.2) is 17.4 Å². The van der Waals surface area contributed by atoms with Gasteiger partial charge in [0, 0.05) is 16.8 Å². The molecular weight excluding hydrogens is 410 g/mol. The molecule has 1 amide bonds. The van der Waals surface area contributed by atoms with E-state index in [4.69, 9.17) is 11.6 Å².